The van der Waals surface area contributed by atoms with Crippen molar-refractivity contribution < 1.29 is 14.2 Å². The molecule has 0 aliphatic carbocycles. The first-order valence-corrected chi connectivity index (χ1v) is 6.63. The van der Waals surface area contributed by atoms with Crippen LogP contribution in [0.4, 0.5) is 5.69 Å². The molecule has 1 heterocycles. The second kappa shape index (κ2) is 6.83. The van der Waals surface area contributed by atoms with Gasteiger partial charge in [-0.25, -0.2) is 0 Å². The van der Waals surface area contributed by atoms with Crippen LogP contribution in [0, 0.1) is 6.92 Å². The van der Waals surface area contributed by atoms with E-state index in [1.165, 1.54) is 0 Å². The number of rotatable bonds is 6. The van der Waals surface area contributed by atoms with Gasteiger partial charge in [0.05, 0.1) is 39.3 Å². The molecule has 0 spiro atoms. The normalized spacial score (nSPS) is 10.1. The molecular formula is C16H20N2O3. The molecule has 112 valence electrons. The van der Waals surface area contributed by atoms with Gasteiger partial charge in [-0.05, 0) is 19.1 Å². The first-order chi connectivity index (χ1) is 10.2. The zero-order valence-electron chi connectivity index (χ0n) is 12.8. The summed E-state index contributed by atoms with van der Waals surface area (Å²) in [6, 6.07) is 9.43. The number of benzene rings is 1. The number of nitrogens with one attached hydrogen (secondary N) is 1. The molecule has 1 N–H and O–H groups in total. The first kappa shape index (κ1) is 15.0. The highest BCUT2D eigenvalue weighted by molar-refractivity contribution is 5.59. The van der Waals surface area contributed by atoms with E-state index < -0.39 is 0 Å². The van der Waals surface area contributed by atoms with Crippen molar-refractivity contribution in [2.45, 2.75) is 13.5 Å². The van der Waals surface area contributed by atoms with E-state index >= 15 is 0 Å². The lowest BCUT2D eigenvalue weighted by Gasteiger charge is -2.13. The molecule has 1 aromatic carbocycles. The van der Waals surface area contributed by atoms with E-state index in [4.69, 9.17) is 14.2 Å². The highest BCUT2D eigenvalue weighted by atomic mass is 16.5. The molecule has 0 bridgehead atoms. The Kier molecular flexibility index (Phi) is 4.87. The molecule has 0 radical (unpaired) electrons. The van der Waals surface area contributed by atoms with Crippen LogP contribution in [0.25, 0.3) is 0 Å². The summed E-state index contributed by atoms with van der Waals surface area (Å²) in [6.07, 6.45) is 0. The second-order valence-electron chi connectivity index (χ2n) is 4.56. The summed E-state index contributed by atoms with van der Waals surface area (Å²) in [5.41, 5.74) is 2.68. The average Bonchev–Trinajstić information content (AvgIpc) is 2.51. The van der Waals surface area contributed by atoms with Crippen molar-refractivity contribution in [1.29, 1.82) is 0 Å². The Morgan fingerprint density at radius 3 is 2.38 bits per heavy atom. The van der Waals surface area contributed by atoms with Gasteiger partial charge >= 0.3 is 0 Å². The van der Waals surface area contributed by atoms with Crippen LogP contribution < -0.4 is 19.5 Å². The molecule has 0 aliphatic heterocycles. The number of anilines is 1. The van der Waals surface area contributed by atoms with Gasteiger partial charge in [-0.15, -0.1) is 0 Å². The van der Waals surface area contributed by atoms with Crippen LogP contribution in [0.5, 0.6) is 17.2 Å². The monoisotopic (exact) mass is 288 g/mol. The standard InChI is InChI=1S/C16H20N2O3/c1-11-7-14(20-3)8-12(18-11)10-17-15-9-13(19-2)5-6-16(15)21-4/h5-9,17H,10H2,1-4H3. The van der Waals surface area contributed by atoms with Crippen LogP contribution in [0.3, 0.4) is 0 Å². The molecular weight excluding hydrogens is 268 g/mol. The maximum Gasteiger partial charge on any atom is 0.142 e. The van der Waals surface area contributed by atoms with E-state index in [1.807, 2.05) is 37.3 Å². The summed E-state index contributed by atoms with van der Waals surface area (Å²) in [7, 11) is 4.93. The molecule has 1 aromatic heterocycles. The molecule has 0 fully saturated rings. The quantitative estimate of drug-likeness (QED) is 0.885. The fourth-order valence-corrected chi connectivity index (χ4v) is 2.05. The fraction of sp³-hybridized carbons (Fsp3) is 0.312. The summed E-state index contributed by atoms with van der Waals surface area (Å²) in [5.74, 6) is 2.33. The third-order valence-corrected chi connectivity index (χ3v) is 3.08. The van der Waals surface area contributed by atoms with E-state index in [0.717, 1.165) is 34.3 Å². The maximum atomic E-state index is 5.34. The predicted octanol–water partition coefficient (Wildman–Crippen LogP) is 3.03. The van der Waals surface area contributed by atoms with Crippen LogP contribution in [-0.4, -0.2) is 26.3 Å². The highest BCUT2D eigenvalue weighted by Crippen LogP contribution is 2.29. The van der Waals surface area contributed by atoms with Gasteiger partial charge in [-0.2, -0.15) is 0 Å². The third-order valence-electron chi connectivity index (χ3n) is 3.08. The zero-order valence-corrected chi connectivity index (χ0v) is 12.8. The molecule has 0 saturated heterocycles. The average molecular weight is 288 g/mol. The lowest BCUT2D eigenvalue weighted by Crippen LogP contribution is -2.04. The Morgan fingerprint density at radius 1 is 0.952 bits per heavy atom. The minimum absolute atomic E-state index is 0.571. The first-order valence-electron chi connectivity index (χ1n) is 6.63. The molecule has 0 atom stereocenters. The third kappa shape index (κ3) is 3.78. The Morgan fingerprint density at radius 2 is 1.71 bits per heavy atom. The minimum atomic E-state index is 0.571. The largest absolute Gasteiger partial charge is 0.497 e. The molecule has 5 nitrogen and oxygen atoms in total. The summed E-state index contributed by atoms with van der Waals surface area (Å²) in [5, 5.41) is 3.31. The van der Waals surface area contributed by atoms with Crippen LogP contribution in [0.1, 0.15) is 11.4 Å². The molecule has 2 rings (SSSR count). The van der Waals surface area contributed by atoms with Crippen molar-refractivity contribution in [3.05, 3.63) is 41.7 Å². The highest BCUT2D eigenvalue weighted by Gasteiger charge is 2.06. The smallest absolute Gasteiger partial charge is 0.142 e. The summed E-state index contributed by atoms with van der Waals surface area (Å²) < 4.78 is 15.8. The number of hydrogen-bond acceptors (Lipinski definition) is 5. The SMILES string of the molecule is COc1cc(C)nc(CNc2cc(OC)ccc2OC)c1. The number of methoxy groups -OCH3 is 3. The van der Waals surface area contributed by atoms with E-state index in [2.05, 4.69) is 10.3 Å². The second-order valence-corrected chi connectivity index (χ2v) is 4.56. The van der Waals surface area contributed by atoms with Gasteiger partial charge in [0.2, 0.25) is 0 Å². The lowest BCUT2D eigenvalue weighted by atomic mass is 10.2. The Bertz CT molecular complexity index is 614. The molecule has 2 aromatic rings. The van der Waals surface area contributed by atoms with Crippen molar-refractivity contribution in [1.82, 2.24) is 4.98 Å². The Hall–Kier alpha value is -2.43. The van der Waals surface area contributed by atoms with E-state index in [9.17, 15) is 0 Å². The van der Waals surface area contributed by atoms with Crippen LogP contribution in [0.15, 0.2) is 30.3 Å². The molecule has 0 aliphatic rings. The van der Waals surface area contributed by atoms with Crippen LogP contribution in [0.2, 0.25) is 0 Å². The van der Waals surface area contributed by atoms with Gasteiger partial charge in [0, 0.05) is 23.9 Å². The molecule has 21 heavy (non-hydrogen) atoms. The Balaban J connectivity index is 2.17. The topological polar surface area (TPSA) is 52.6 Å². The maximum absolute atomic E-state index is 5.34. The zero-order chi connectivity index (χ0) is 15.2. The van der Waals surface area contributed by atoms with Crippen molar-refractivity contribution in [2.75, 3.05) is 26.6 Å². The molecule has 0 unspecified atom stereocenters. The molecule has 0 saturated carbocycles. The Labute approximate surface area is 124 Å². The molecule has 5 heteroatoms. The number of nitrogens with zero attached hydrogens (tertiary/aromatic N) is 1. The van der Waals surface area contributed by atoms with Gasteiger partial charge in [0.1, 0.15) is 17.2 Å². The van der Waals surface area contributed by atoms with Crippen LogP contribution in [-0.2, 0) is 6.54 Å². The van der Waals surface area contributed by atoms with Crippen molar-refractivity contribution in [2.24, 2.45) is 0 Å². The number of aromatic nitrogens is 1. The van der Waals surface area contributed by atoms with E-state index in [-0.39, 0.29) is 0 Å². The fourth-order valence-electron chi connectivity index (χ4n) is 2.05. The van der Waals surface area contributed by atoms with Crippen LogP contribution >= 0.6 is 0 Å². The van der Waals surface area contributed by atoms with Gasteiger partial charge in [0.25, 0.3) is 0 Å². The van der Waals surface area contributed by atoms with E-state index in [1.54, 1.807) is 21.3 Å². The van der Waals surface area contributed by atoms with Crippen molar-refractivity contribution in [3.63, 3.8) is 0 Å². The van der Waals surface area contributed by atoms with E-state index in [0.29, 0.717) is 6.54 Å². The summed E-state index contributed by atoms with van der Waals surface area (Å²) in [4.78, 5) is 4.48. The minimum Gasteiger partial charge on any atom is -0.497 e. The predicted molar refractivity (Wildman–Crippen MR) is 82.4 cm³/mol. The lowest BCUT2D eigenvalue weighted by molar-refractivity contribution is 0.404. The number of pyridine rings is 1. The summed E-state index contributed by atoms with van der Waals surface area (Å²) in [6.45, 7) is 2.51. The van der Waals surface area contributed by atoms with Crippen molar-refractivity contribution >= 4 is 5.69 Å². The van der Waals surface area contributed by atoms with Gasteiger partial charge < -0.3 is 19.5 Å². The van der Waals surface area contributed by atoms with Gasteiger partial charge in [-0.3, -0.25) is 4.98 Å². The molecule has 0 amide bonds. The van der Waals surface area contributed by atoms with Crippen molar-refractivity contribution in [3.8, 4) is 17.2 Å². The number of hydrogen-bond donors (Lipinski definition) is 1. The van der Waals surface area contributed by atoms with Gasteiger partial charge in [-0.1, -0.05) is 0 Å². The van der Waals surface area contributed by atoms with Gasteiger partial charge in [0.15, 0.2) is 0 Å². The summed E-state index contributed by atoms with van der Waals surface area (Å²) >= 11 is 0. The number of ether oxygens (including phenoxy) is 3. The number of aryl methyl sites for hydroxylation is 1.